The molecule has 0 spiro atoms. The van der Waals surface area contributed by atoms with Gasteiger partial charge < -0.3 is 19.7 Å². The van der Waals surface area contributed by atoms with E-state index in [2.05, 4.69) is 36.3 Å². The van der Waals surface area contributed by atoms with E-state index in [0.29, 0.717) is 30.3 Å². The van der Waals surface area contributed by atoms with E-state index >= 15 is 0 Å². The van der Waals surface area contributed by atoms with E-state index in [1.165, 1.54) is 17.3 Å². The van der Waals surface area contributed by atoms with Crippen LogP contribution in [0, 0.1) is 0 Å². The number of fused-ring (bicyclic) bond motifs is 1. The summed E-state index contributed by atoms with van der Waals surface area (Å²) in [6.07, 6.45) is 1.84. The highest BCUT2D eigenvalue weighted by molar-refractivity contribution is 8.16. The van der Waals surface area contributed by atoms with Gasteiger partial charge in [-0.05, 0) is 41.5 Å². The smallest absolute Gasteiger partial charge is 0.338 e. The second-order valence-corrected chi connectivity index (χ2v) is 9.95. The van der Waals surface area contributed by atoms with E-state index in [1.807, 2.05) is 47.6 Å². The van der Waals surface area contributed by atoms with Crippen LogP contribution in [0.2, 0.25) is 0 Å². The van der Waals surface area contributed by atoms with Crippen molar-refractivity contribution in [3.8, 4) is 0 Å². The molecule has 1 aromatic carbocycles. The largest absolute Gasteiger partial charge is 0.460 e. The Labute approximate surface area is 221 Å². The fraction of sp³-hybridized carbons (Fsp3) is 0.357. The van der Waals surface area contributed by atoms with Gasteiger partial charge in [0, 0.05) is 19.0 Å². The number of hydrogen-bond acceptors (Lipinski definition) is 8. The van der Waals surface area contributed by atoms with Gasteiger partial charge in [-0.25, -0.2) is 9.79 Å². The number of methoxy groups -OCH3 is 1. The highest BCUT2D eigenvalue weighted by Gasteiger charge is 2.41. The van der Waals surface area contributed by atoms with Crippen LogP contribution < -0.4 is 5.32 Å². The van der Waals surface area contributed by atoms with Crippen molar-refractivity contribution < 1.29 is 19.1 Å². The zero-order valence-electron chi connectivity index (χ0n) is 21.6. The molecule has 2 aliphatic heterocycles. The standard InChI is InChI=1S/C28H32N4O4S/c1-18(2)20-8-10-21(11-9-20)26-25(27(34)36-14-13-35-4)19(3)31-28-32(26)23(17-37-28)15-24(33)30-16-22-7-5-6-12-29-22/h5-12,17-18,26H,13-16H2,1-4H3,(H,30,33). The Morgan fingerprint density at radius 2 is 1.92 bits per heavy atom. The number of esters is 1. The zero-order chi connectivity index (χ0) is 26.4. The molecule has 1 amide bonds. The van der Waals surface area contributed by atoms with E-state index in [4.69, 9.17) is 14.5 Å². The number of amides is 1. The summed E-state index contributed by atoms with van der Waals surface area (Å²) in [6.45, 7) is 6.91. The van der Waals surface area contributed by atoms with Crippen LogP contribution in [0.5, 0.6) is 0 Å². The van der Waals surface area contributed by atoms with Gasteiger partial charge in [-0.2, -0.15) is 0 Å². The Balaban J connectivity index is 1.61. The third-order valence-electron chi connectivity index (χ3n) is 6.19. The summed E-state index contributed by atoms with van der Waals surface area (Å²) in [5.74, 6) is -0.191. The Kier molecular flexibility index (Phi) is 8.78. The van der Waals surface area contributed by atoms with E-state index in [0.717, 1.165) is 22.1 Å². The number of pyridine rings is 1. The summed E-state index contributed by atoms with van der Waals surface area (Å²) in [5, 5.41) is 5.60. The molecule has 0 saturated carbocycles. The summed E-state index contributed by atoms with van der Waals surface area (Å²) in [5.41, 5.74) is 4.76. The molecule has 1 N–H and O–H groups in total. The maximum atomic E-state index is 13.3. The predicted molar refractivity (Wildman–Crippen MR) is 144 cm³/mol. The minimum Gasteiger partial charge on any atom is -0.460 e. The summed E-state index contributed by atoms with van der Waals surface area (Å²) < 4.78 is 10.6. The van der Waals surface area contributed by atoms with E-state index < -0.39 is 12.0 Å². The van der Waals surface area contributed by atoms with Crippen molar-refractivity contribution >= 4 is 28.8 Å². The van der Waals surface area contributed by atoms with E-state index in [9.17, 15) is 9.59 Å². The molecule has 1 atom stereocenters. The summed E-state index contributed by atoms with van der Waals surface area (Å²) >= 11 is 1.45. The molecule has 8 nitrogen and oxygen atoms in total. The molecule has 1 aromatic heterocycles. The number of allylic oxidation sites excluding steroid dienone is 1. The van der Waals surface area contributed by atoms with Crippen LogP contribution in [0.15, 0.2) is 76.0 Å². The van der Waals surface area contributed by atoms with E-state index in [1.54, 1.807) is 13.3 Å². The lowest BCUT2D eigenvalue weighted by Gasteiger charge is -2.36. The minimum atomic E-state index is -0.464. The first-order valence-electron chi connectivity index (χ1n) is 12.3. The van der Waals surface area contributed by atoms with Gasteiger partial charge in [0.1, 0.15) is 6.61 Å². The van der Waals surface area contributed by atoms with Crippen LogP contribution in [-0.4, -0.2) is 47.3 Å². The van der Waals surface area contributed by atoms with Crippen molar-refractivity contribution in [1.29, 1.82) is 0 Å². The average Bonchev–Trinajstić information content (AvgIpc) is 3.29. The fourth-order valence-corrected chi connectivity index (χ4v) is 5.19. The van der Waals surface area contributed by atoms with Gasteiger partial charge in [-0.1, -0.05) is 55.9 Å². The van der Waals surface area contributed by atoms with Crippen LogP contribution in [0.3, 0.4) is 0 Å². The number of amidine groups is 1. The van der Waals surface area contributed by atoms with Gasteiger partial charge in [0.05, 0.1) is 42.6 Å². The number of nitrogens with zero attached hydrogens (tertiary/aromatic N) is 3. The Morgan fingerprint density at radius 3 is 2.59 bits per heavy atom. The van der Waals surface area contributed by atoms with Gasteiger partial charge in [-0.15, -0.1) is 0 Å². The first kappa shape index (κ1) is 26.6. The third kappa shape index (κ3) is 6.29. The maximum Gasteiger partial charge on any atom is 0.338 e. The third-order valence-corrected chi connectivity index (χ3v) is 7.08. The second kappa shape index (κ2) is 12.2. The predicted octanol–water partition coefficient (Wildman–Crippen LogP) is 4.68. The van der Waals surface area contributed by atoms with Crippen molar-refractivity contribution in [2.24, 2.45) is 4.99 Å². The van der Waals surface area contributed by atoms with Crippen LogP contribution in [0.1, 0.15) is 56.0 Å². The van der Waals surface area contributed by atoms with Gasteiger partial charge in [-0.3, -0.25) is 9.78 Å². The van der Waals surface area contributed by atoms with Gasteiger partial charge in [0.15, 0.2) is 5.17 Å². The molecule has 2 aliphatic rings. The van der Waals surface area contributed by atoms with Crippen molar-refractivity contribution in [2.75, 3.05) is 20.3 Å². The maximum absolute atomic E-state index is 13.3. The average molecular weight is 521 g/mol. The molecule has 2 aromatic rings. The number of aromatic nitrogens is 1. The Hall–Kier alpha value is -3.43. The highest BCUT2D eigenvalue weighted by Crippen LogP contribution is 2.45. The number of benzene rings is 1. The molecule has 4 rings (SSSR count). The number of carbonyl (C=O) groups is 2. The van der Waals surface area contributed by atoms with Crippen LogP contribution in [0.4, 0.5) is 0 Å². The molecule has 9 heteroatoms. The number of ether oxygens (including phenoxy) is 2. The monoisotopic (exact) mass is 520 g/mol. The summed E-state index contributed by atoms with van der Waals surface area (Å²) in [6, 6.07) is 13.4. The van der Waals surface area contributed by atoms with Crippen LogP contribution in [-0.2, 0) is 25.6 Å². The van der Waals surface area contributed by atoms with Gasteiger partial charge >= 0.3 is 5.97 Å². The molecule has 1 unspecified atom stereocenters. The number of carbonyl (C=O) groups excluding carboxylic acids is 2. The lowest BCUT2D eigenvalue weighted by Crippen LogP contribution is -2.38. The van der Waals surface area contributed by atoms with E-state index in [-0.39, 0.29) is 18.9 Å². The van der Waals surface area contributed by atoms with Crippen molar-refractivity contribution in [3.63, 3.8) is 0 Å². The van der Waals surface area contributed by atoms with Gasteiger partial charge in [0.2, 0.25) is 5.91 Å². The van der Waals surface area contributed by atoms with Crippen molar-refractivity contribution in [1.82, 2.24) is 15.2 Å². The lowest BCUT2D eigenvalue weighted by atomic mass is 9.92. The molecular formula is C28H32N4O4S. The highest BCUT2D eigenvalue weighted by atomic mass is 32.2. The summed E-state index contributed by atoms with van der Waals surface area (Å²) in [4.78, 5) is 37.1. The molecular weight excluding hydrogens is 488 g/mol. The fourth-order valence-electron chi connectivity index (χ4n) is 4.22. The summed E-state index contributed by atoms with van der Waals surface area (Å²) in [7, 11) is 1.56. The SMILES string of the molecule is COCCOC(=O)C1=C(C)N=C2SC=C(CC(=O)NCc3ccccn3)N2C1c1ccc(C(C)C)cc1. The minimum absolute atomic E-state index is 0.136. The molecule has 3 heterocycles. The van der Waals surface area contributed by atoms with Crippen molar-refractivity contribution in [3.05, 3.63) is 87.9 Å². The number of aliphatic imine (C=N–C) groups is 1. The number of nitrogens with one attached hydrogen (secondary N) is 1. The zero-order valence-corrected chi connectivity index (χ0v) is 22.4. The normalized spacial score (nSPS) is 16.9. The first-order chi connectivity index (χ1) is 17.9. The topological polar surface area (TPSA) is 93.1 Å². The lowest BCUT2D eigenvalue weighted by molar-refractivity contribution is -0.141. The van der Waals surface area contributed by atoms with Crippen LogP contribution >= 0.6 is 11.8 Å². The van der Waals surface area contributed by atoms with Crippen molar-refractivity contribution in [2.45, 2.75) is 45.7 Å². The Morgan fingerprint density at radius 1 is 1.14 bits per heavy atom. The molecule has 0 aliphatic carbocycles. The molecule has 194 valence electrons. The molecule has 0 radical (unpaired) electrons. The molecule has 0 bridgehead atoms. The first-order valence-corrected chi connectivity index (χ1v) is 13.1. The number of thioether (sulfide) groups is 1. The van der Waals surface area contributed by atoms with Gasteiger partial charge in [0.25, 0.3) is 0 Å². The Bertz CT molecular complexity index is 1220. The van der Waals surface area contributed by atoms with Crippen LogP contribution in [0.25, 0.3) is 0 Å². The second-order valence-electron chi connectivity index (χ2n) is 9.12. The molecule has 37 heavy (non-hydrogen) atoms. The molecule has 0 fully saturated rings. The number of hydrogen-bond donors (Lipinski definition) is 1. The number of rotatable bonds is 10. The molecule has 0 saturated heterocycles. The quantitative estimate of drug-likeness (QED) is 0.359.